The number of nitrogens with one attached hydrogen (secondary N) is 1. The van der Waals surface area contributed by atoms with Crippen LogP contribution >= 0.6 is 0 Å². The molecule has 102 valence electrons. The van der Waals surface area contributed by atoms with Crippen LogP contribution in [-0.2, 0) is 0 Å². The molecule has 2 atom stereocenters. The van der Waals surface area contributed by atoms with Gasteiger partial charge in [-0.25, -0.2) is 0 Å². The van der Waals surface area contributed by atoms with Gasteiger partial charge < -0.3 is 5.32 Å². The number of rotatable bonds is 9. The molecule has 18 heavy (non-hydrogen) atoms. The number of nitrogens with zero attached hydrogens (tertiary/aromatic N) is 1. The number of hydrogen-bond acceptors (Lipinski definition) is 2. The van der Waals surface area contributed by atoms with Crippen molar-refractivity contribution < 1.29 is 0 Å². The highest BCUT2D eigenvalue weighted by Crippen LogP contribution is 2.13. The third-order valence-electron chi connectivity index (χ3n) is 3.48. The van der Waals surface area contributed by atoms with E-state index >= 15 is 0 Å². The van der Waals surface area contributed by atoms with Crippen molar-refractivity contribution in [3.8, 4) is 0 Å². The Morgan fingerprint density at radius 3 is 2.39 bits per heavy atom. The van der Waals surface area contributed by atoms with E-state index in [0.29, 0.717) is 12.1 Å². The lowest BCUT2D eigenvalue weighted by Crippen LogP contribution is -2.28. The molecule has 1 aromatic heterocycles. The summed E-state index contributed by atoms with van der Waals surface area (Å²) in [6, 6.07) is 5.19. The predicted molar refractivity (Wildman–Crippen MR) is 78.6 cm³/mol. The number of unbranched alkanes of at least 4 members (excludes halogenated alkanes) is 4. The van der Waals surface area contributed by atoms with Crippen molar-refractivity contribution in [3.63, 3.8) is 0 Å². The summed E-state index contributed by atoms with van der Waals surface area (Å²) in [5.41, 5.74) is 1.32. The first-order valence-electron chi connectivity index (χ1n) is 7.40. The van der Waals surface area contributed by atoms with Gasteiger partial charge in [0.25, 0.3) is 0 Å². The Labute approximate surface area is 112 Å². The number of hydrogen-bond donors (Lipinski definition) is 1. The Kier molecular flexibility index (Phi) is 7.66. The smallest absolute Gasteiger partial charge is 0.0295 e. The lowest BCUT2D eigenvalue weighted by molar-refractivity contribution is 0.436. The molecule has 1 aromatic rings. The van der Waals surface area contributed by atoms with Crippen molar-refractivity contribution >= 4 is 0 Å². The van der Waals surface area contributed by atoms with Crippen LogP contribution < -0.4 is 5.32 Å². The van der Waals surface area contributed by atoms with Crippen molar-refractivity contribution in [1.29, 1.82) is 0 Å². The van der Waals surface area contributed by atoms with Crippen LogP contribution in [0.15, 0.2) is 24.5 Å². The van der Waals surface area contributed by atoms with E-state index < -0.39 is 0 Å². The maximum Gasteiger partial charge on any atom is 0.0295 e. The predicted octanol–water partition coefficient (Wildman–Crippen LogP) is 4.48. The molecule has 1 heterocycles. The average molecular weight is 248 g/mol. The highest BCUT2D eigenvalue weighted by molar-refractivity contribution is 5.14. The monoisotopic (exact) mass is 248 g/mol. The maximum absolute atomic E-state index is 4.06. The van der Waals surface area contributed by atoms with Crippen molar-refractivity contribution in [2.75, 3.05) is 0 Å². The van der Waals surface area contributed by atoms with Crippen molar-refractivity contribution in [3.05, 3.63) is 30.1 Å². The first kappa shape index (κ1) is 15.2. The Morgan fingerprint density at radius 1 is 1.06 bits per heavy atom. The van der Waals surface area contributed by atoms with Crippen LogP contribution in [0.1, 0.15) is 70.9 Å². The molecule has 1 unspecified atom stereocenters. The fourth-order valence-corrected chi connectivity index (χ4v) is 2.31. The van der Waals surface area contributed by atoms with Gasteiger partial charge in [-0.2, -0.15) is 0 Å². The first-order valence-corrected chi connectivity index (χ1v) is 7.40. The SMILES string of the molecule is CCCCCCCC(C)N[C@@H](C)c1ccncc1. The first-order chi connectivity index (χ1) is 8.74. The molecule has 0 radical (unpaired) electrons. The Balaban J connectivity index is 2.17. The van der Waals surface area contributed by atoms with E-state index in [2.05, 4.69) is 43.2 Å². The van der Waals surface area contributed by atoms with Gasteiger partial charge in [0.15, 0.2) is 0 Å². The van der Waals surface area contributed by atoms with Crippen LogP contribution in [0.5, 0.6) is 0 Å². The quantitative estimate of drug-likeness (QED) is 0.652. The lowest BCUT2D eigenvalue weighted by atomic mass is 10.1. The van der Waals surface area contributed by atoms with E-state index in [1.807, 2.05) is 12.4 Å². The highest BCUT2D eigenvalue weighted by Gasteiger charge is 2.08. The third kappa shape index (κ3) is 6.15. The van der Waals surface area contributed by atoms with Crippen LogP contribution in [0, 0.1) is 0 Å². The van der Waals surface area contributed by atoms with E-state index in [-0.39, 0.29) is 0 Å². The molecular weight excluding hydrogens is 220 g/mol. The van der Waals surface area contributed by atoms with Gasteiger partial charge in [0.05, 0.1) is 0 Å². The van der Waals surface area contributed by atoms with Gasteiger partial charge in [-0.1, -0.05) is 39.0 Å². The molecule has 0 fully saturated rings. The molecule has 0 aliphatic heterocycles. The summed E-state index contributed by atoms with van der Waals surface area (Å²) in [5.74, 6) is 0. The van der Waals surface area contributed by atoms with Gasteiger partial charge in [0.2, 0.25) is 0 Å². The van der Waals surface area contributed by atoms with Crippen LogP contribution in [0.3, 0.4) is 0 Å². The second kappa shape index (κ2) is 9.09. The van der Waals surface area contributed by atoms with Gasteiger partial charge in [-0.3, -0.25) is 4.98 Å². The molecule has 0 amide bonds. The van der Waals surface area contributed by atoms with E-state index in [9.17, 15) is 0 Å². The Hall–Kier alpha value is -0.890. The molecule has 0 saturated carbocycles. The van der Waals surface area contributed by atoms with Crippen molar-refractivity contribution in [1.82, 2.24) is 10.3 Å². The zero-order valence-corrected chi connectivity index (χ0v) is 12.2. The Morgan fingerprint density at radius 2 is 1.72 bits per heavy atom. The summed E-state index contributed by atoms with van der Waals surface area (Å²) in [4.78, 5) is 4.06. The standard InChI is InChI=1S/C16H28N2/c1-4-5-6-7-8-9-14(2)18-15(3)16-10-12-17-13-11-16/h10-15,18H,4-9H2,1-3H3/t14?,15-/m0/s1. The molecule has 1 N–H and O–H groups in total. The van der Waals surface area contributed by atoms with Gasteiger partial charge in [0, 0.05) is 24.5 Å². The zero-order valence-electron chi connectivity index (χ0n) is 12.2. The van der Waals surface area contributed by atoms with Crippen LogP contribution in [0.2, 0.25) is 0 Å². The summed E-state index contributed by atoms with van der Waals surface area (Å²) < 4.78 is 0. The molecule has 0 spiro atoms. The largest absolute Gasteiger partial charge is 0.308 e. The molecule has 0 bridgehead atoms. The minimum Gasteiger partial charge on any atom is -0.308 e. The second-order valence-corrected chi connectivity index (χ2v) is 5.27. The molecule has 0 aromatic carbocycles. The third-order valence-corrected chi connectivity index (χ3v) is 3.48. The molecule has 2 heteroatoms. The summed E-state index contributed by atoms with van der Waals surface area (Å²) >= 11 is 0. The van der Waals surface area contributed by atoms with E-state index in [1.165, 1.54) is 44.1 Å². The van der Waals surface area contributed by atoms with Crippen molar-refractivity contribution in [2.45, 2.75) is 71.4 Å². The average Bonchev–Trinajstić information content (AvgIpc) is 2.39. The van der Waals surface area contributed by atoms with E-state index in [0.717, 1.165) is 0 Å². The molecule has 2 nitrogen and oxygen atoms in total. The summed E-state index contributed by atoms with van der Waals surface area (Å²) in [5, 5.41) is 3.66. The highest BCUT2D eigenvalue weighted by atomic mass is 14.9. The van der Waals surface area contributed by atoms with Crippen LogP contribution in [-0.4, -0.2) is 11.0 Å². The summed E-state index contributed by atoms with van der Waals surface area (Å²) in [6.45, 7) is 6.78. The number of aromatic nitrogens is 1. The lowest BCUT2D eigenvalue weighted by Gasteiger charge is -2.20. The molecule has 0 aliphatic rings. The van der Waals surface area contributed by atoms with Crippen molar-refractivity contribution in [2.24, 2.45) is 0 Å². The molecule has 0 aliphatic carbocycles. The molecular formula is C16H28N2. The van der Waals surface area contributed by atoms with Gasteiger partial charge in [-0.05, 0) is 38.0 Å². The van der Waals surface area contributed by atoms with Gasteiger partial charge in [0.1, 0.15) is 0 Å². The minimum absolute atomic E-state index is 0.415. The van der Waals surface area contributed by atoms with Gasteiger partial charge >= 0.3 is 0 Å². The summed E-state index contributed by atoms with van der Waals surface area (Å²) in [6.07, 6.45) is 11.8. The molecule has 1 rings (SSSR count). The minimum atomic E-state index is 0.415. The topological polar surface area (TPSA) is 24.9 Å². The summed E-state index contributed by atoms with van der Waals surface area (Å²) in [7, 11) is 0. The second-order valence-electron chi connectivity index (χ2n) is 5.27. The van der Waals surface area contributed by atoms with Crippen LogP contribution in [0.25, 0.3) is 0 Å². The fraction of sp³-hybridized carbons (Fsp3) is 0.688. The maximum atomic E-state index is 4.06. The fourth-order valence-electron chi connectivity index (χ4n) is 2.31. The number of pyridine rings is 1. The zero-order chi connectivity index (χ0) is 13.2. The molecule has 0 saturated heterocycles. The van der Waals surface area contributed by atoms with E-state index in [4.69, 9.17) is 0 Å². The Bertz CT molecular complexity index is 297. The van der Waals surface area contributed by atoms with Gasteiger partial charge in [-0.15, -0.1) is 0 Å². The normalized spacial score (nSPS) is 14.4. The van der Waals surface area contributed by atoms with E-state index in [1.54, 1.807) is 0 Å². The van der Waals surface area contributed by atoms with Crippen LogP contribution in [0.4, 0.5) is 0 Å².